The Kier molecular flexibility index (Phi) is 3.10. The van der Waals surface area contributed by atoms with Crippen molar-refractivity contribution in [2.75, 3.05) is 20.0 Å². The van der Waals surface area contributed by atoms with Crippen LogP contribution < -0.4 is 15.2 Å². The highest BCUT2D eigenvalue weighted by atomic mass is 35.5. The zero-order chi connectivity index (χ0) is 12.4. The average Bonchev–Trinajstić information content (AvgIpc) is 2.67. The molecule has 0 aliphatic rings. The number of H-pyrrole nitrogens is 1. The molecule has 0 radical (unpaired) electrons. The number of methoxy groups -OCH3 is 2. The molecule has 1 aromatic heterocycles. The third-order valence-corrected chi connectivity index (χ3v) is 2.62. The number of nitrogens with two attached hydrogens (primary N) is 1. The molecular weight excluding hydrogens is 242 g/mol. The van der Waals surface area contributed by atoms with Crippen molar-refractivity contribution in [3.05, 3.63) is 23.4 Å². The van der Waals surface area contributed by atoms with Crippen molar-refractivity contribution in [1.82, 2.24) is 9.97 Å². The predicted octanol–water partition coefficient (Wildman–Crippen LogP) is 2.33. The highest BCUT2D eigenvalue weighted by Crippen LogP contribution is 2.35. The average molecular weight is 254 g/mol. The third kappa shape index (κ3) is 2.14. The molecule has 1 aromatic carbocycles. The van der Waals surface area contributed by atoms with Gasteiger partial charge in [0.2, 0.25) is 0 Å². The van der Waals surface area contributed by atoms with Gasteiger partial charge >= 0.3 is 0 Å². The van der Waals surface area contributed by atoms with Crippen LogP contribution in [0.1, 0.15) is 0 Å². The molecule has 0 aliphatic carbocycles. The standard InChI is InChI=1S/C11H12ClN3O2/c1-16-6-3-4-7(8(5-6)17-2)9-10(12)15-11(13)14-9/h3-5H,1-2H3,(H3,13,14,15). The highest BCUT2D eigenvalue weighted by molar-refractivity contribution is 6.32. The minimum Gasteiger partial charge on any atom is -0.497 e. The molecule has 17 heavy (non-hydrogen) atoms. The monoisotopic (exact) mass is 253 g/mol. The molecule has 0 spiro atoms. The normalized spacial score (nSPS) is 10.3. The first-order valence-corrected chi connectivity index (χ1v) is 5.27. The number of benzene rings is 1. The summed E-state index contributed by atoms with van der Waals surface area (Å²) in [7, 11) is 3.16. The van der Waals surface area contributed by atoms with Crippen molar-refractivity contribution in [1.29, 1.82) is 0 Å². The van der Waals surface area contributed by atoms with Gasteiger partial charge < -0.3 is 20.2 Å². The van der Waals surface area contributed by atoms with Crippen LogP contribution in [-0.2, 0) is 0 Å². The number of aromatic amines is 1. The Balaban J connectivity index is 2.55. The summed E-state index contributed by atoms with van der Waals surface area (Å²) in [6.45, 7) is 0. The number of nitrogens with zero attached hydrogens (tertiary/aromatic N) is 1. The summed E-state index contributed by atoms with van der Waals surface area (Å²) in [5.74, 6) is 1.59. The molecular formula is C11H12ClN3O2. The van der Waals surface area contributed by atoms with Crippen molar-refractivity contribution in [3.8, 4) is 22.8 Å². The second-order valence-electron chi connectivity index (χ2n) is 3.35. The maximum atomic E-state index is 6.00. The van der Waals surface area contributed by atoms with E-state index >= 15 is 0 Å². The molecule has 0 aliphatic heterocycles. The van der Waals surface area contributed by atoms with E-state index in [2.05, 4.69) is 9.97 Å². The van der Waals surface area contributed by atoms with Crippen molar-refractivity contribution in [2.24, 2.45) is 0 Å². The second-order valence-corrected chi connectivity index (χ2v) is 3.73. The molecule has 0 saturated carbocycles. The van der Waals surface area contributed by atoms with Gasteiger partial charge in [-0.3, -0.25) is 0 Å². The van der Waals surface area contributed by atoms with Crippen molar-refractivity contribution >= 4 is 17.5 Å². The molecule has 5 nitrogen and oxygen atoms in total. The lowest BCUT2D eigenvalue weighted by Crippen LogP contribution is -1.91. The lowest BCUT2D eigenvalue weighted by atomic mass is 10.1. The molecule has 0 bridgehead atoms. The number of aromatic nitrogens is 2. The number of imidazole rings is 1. The summed E-state index contributed by atoms with van der Waals surface area (Å²) in [6, 6.07) is 5.38. The first-order chi connectivity index (χ1) is 8.15. The topological polar surface area (TPSA) is 73.2 Å². The molecule has 6 heteroatoms. The van der Waals surface area contributed by atoms with E-state index < -0.39 is 0 Å². The van der Waals surface area contributed by atoms with Gasteiger partial charge in [-0.25, -0.2) is 4.98 Å². The number of nitrogens with one attached hydrogen (secondary N) is 1. The van der Waals surface area contributed by atoms with Crippen LogP contribution in [0.25, 0.3) is 11.3 Å². The summed E-state index contributed by atoms with van der Waals surface area (Å²) in [6.07, 6.45) is 0. The second kappa shape index (κ2) is 4.55. The van der Waals surface area contributed by atoms with E-state index in [-0.39, 0.29) is 5.95 Å². The predicted molar refractivity (Wildman–Crippen MR) is 66.6 cm³/mol. The van der Waals surface area contributed by atoms with Crippen LogP contribution in [0.15, 0.2) is 18.2 Å². The van der Waals surface area contributed by atoms with Crippen LogP contribution >= 0.6 is 11.6 Å². The number of nitrogen functional groups attached to an aromatic ring is 1. The maximum absolute atomic E-state index is 6.00. The van der Waals surface area contributed by atoms with Crippen LogP contribution in [0, 0.1) is 0 Å². The number of halogens is 1. The Bertz CT molecular complexity index is 540. The molecule has 0 amide bonds. The molecule has 2 aromatic rings. The molecule has 1 heterocycles. The molecule has 0 saturated heterocycles. The lowest BCUT2D eigenvalue weighted by molar-refractivity contribution is 0.395. The first kappa shape index (κ1) is 11.6. The summed E-state index contributed by atoms with van der Waals surface area (Å²) in [4.78, 5) is 6.85. The summed E-state index contributed by atoms with van der Waals surface area (Å²) in [5, 5.41) is 0.381. The molecule has 90 valence electrons. The number of hydrogen-bond acceptors (Lipinski definition) is 4. The molecule has 0 atom stereocenters. The van der Waals surface area contributed by atoms with Gasteiger partial charge in [0.1, 0.15) is 22.3 Å². The Morgan fingerprint density at radius 3 is 2.59 bits per heavy atom. The molecule has 0 unspecified atom stereocenters. The van der Waals surface area contributed by atoms with Gasteiger partial charge in [-0.05, 0) is 12.1 Å². The molecule has 3 N–H and O–H groups in total. The van der Waals surface area contributed by atoms with Crippen LogP contribution in [0.4, 0.5) is 5.95 Å². The fourth-order valence-electron chi connectivity index (χ4n) is 1.54. The lowest BCUT2D eigenvalue weighted by Gasteiger charge is -2.08. The zero-order valence-electron chi connectivity index (χ0n) is 9.45. The van der Waals surface area contributed by atoms with Crippen molar-refractivity contribution in [3.63, 3.8) is 0 Å². The van der Waals surface area contributed by atoms with E-state index in [4.69, 9.17) is 26.8 Å². The van der Waals surface area contributed by atoms with Crippen LogP contribution in [-0.4, -0.2) is 24.2 Å². The quantitative estimate of drug-likeness (QED) is 0.881. The van der Waals surface area contributed by atoms with Gasteiger partial charge in [0.15, 0.2) is 5.95 Å². The number of anilines is 1. The van der Waals surface area contributed by atoms with Crippen LogP contribution in [0.3, 0.4) is 0 Å². The van der Waals surface area contributed by atoms with Gasteiger partial charge in [-0.2, -0.15) is 0 Å². The van der Waals surface area contributed by atoms with Crippen molar-refractivity contribution in [2.45, 2.75) is 0 Å². The minimum atomic E-state index is 0.267. The van der Waals surface area contributed by atoms with Gasteiger partial charge in [-0.15, -0.1) is 0 Å². The van der Waals surface area contributed by atoms with Crippen molar-refractivity contribution < 1.29 is 9.47 Å². The van der Waals surface area contributed by atoms with E-state index in [1.807, 2.05) is 6.07 Å². The summed E-state index contributed by atoms with van der Waals surface area (Å²) < 4.78 is 10.4. The summed E-state index contributed by atoms with van der Waals surface area (Å²) >= 11 is 6.00. The number of ether oxygens (including phenoxy) is 2. The Morgan fingerprint density at radius 2 is 2.06 bits per heavy atom. The zero-order valence-corrected chi connectivity index (χ0v) is 10.2. The maximum Gasteiger partial charge on any atom is 0.199 e. The van der Waals surface area contributed by atoms with E-state index in [0.29, 0.717) is 22.3 Å². The van der Waals surface area contributed by atoms with Gasteiger partial charge in [0, 0.05) is 11.6 Å². The fourth-order valence-corrected chi connectivity index (χ4v) is 1.78. The Labute approximate surface area is 104 Å². The van der Waals surface area contributed by atoms with E-state index in [1.165, 1.54) is 0 Å². The van der Waals surface area contributed by atoms with Gasteiger partial charge in [0.05, 0.1) is 14.2 Å². The van der Waals surface area contributed by atoms with E-state index in [0.717, 1.165) is 5.56 Å². The van der Waals surface area contributed by atoms with E-state index in [9.17, 15) is 0 Å². The molecule has 2 rings (SSSR count). The SMILES string of the molecule is COc1ccc(-c2nc(N)[nH]c2Cl)c(OC)c1. The Morgan fingerprint density at radius 1 is 1.29 bits per heavy atom. The largest absolute Gasteiger partial charge is 0.497 e. The third-order valence-electron chi connectivity index (χ3n) is 2.34. The number of rotatable bonds is 3. The molecule has 0 fully saturated rings. The summed E-state index contributed by atoms with van der Waals surface area (Å²) in [5.41, 5.74) is 6.86. The first-order valence-electron chi connectivity index (χ1n) is 4.89. The minimum absolute atomic E-state index is 0.267. The van der Waals surface area contributed by atoms with Crippen LogP contribution in [0.5, 0.6) is 11.5 Å². The van der Waals surface area contributed by atoms with Gasteiger partial charge in [-0.1, -0.05) is 11.6 Å². The number of hydrogen-bond donors (Lipinski definition) is 2. The highest BCUT2D eigenvalue weighted by Gasteiger charge is 2.14. The Hall–Kier alpha value is -1.88. The van der Waals surface area contributed by atoms with Gasteiger partial charge in [0.25, 0.3) is 0 Å². The van der Waals surface area contributed by atoms with Crippen LogP contribution in [0.2, 0.25) is 5.15 Å². The smallest absolute Gasteiger partial charge is 0.199 e. The van der Waals surface area contributed by atoms with E-state index in [1.54, 1.807) is 26.4 Å². The fraction of sp³-hybridized carbons (Fsp3) is 0.182.